The van der Waals surface area contributed by atoms with Crippen LogP contribution in [0.2, 0.25) is 0 Å². The highest BCUT2D eigenvalue weighted by Gasteiger charge is 2.29. The van der Waals surface area contributed by atoms with Crippen LogP contribution >= 0.6 is 0 Å². The SMILES string of the molecule is Cc1ccc2c(nc3oc4ncncc4n32)c1-c1ccc(-c2c(-c3ccccc3)c(-c3ccccc3)c(-c3ccccc3)c(-c3ccccc3)c2-c2ccccc2)cc1. The van der Waals surface area contributed by atoms with Crippen LogP contribution in [-0.4, -0.2) is 19.4 Å². The molecule has 3 heterocycles. The van der Waals surface area contributed by atoms with E-state index < -0.39 is 0 Å². The number of hydrogen-bond acceptors (Lipinski definition) is 4. The van der Waals surface area contributed by atoms with Crippen LogP contribution in [0.5, 0.6) is 0 Å². The smallest absolute Gasteiger partial charge is 0.309 e. The lowest BCUT2D eigenvalue weighted by atomic mass is 9.74. The quantitative estimate of drug-likeness (QED) is 0.162. The largest absolute Gasteiger partial charge is 0.404 e. The molecular formula is C54H36N4O. The molecule has 0 bridgehead atoms. The van der Waals surface area contributed by atoms with Gasteiger partial charge in [-0.2, -0.15) is 9.97 Å². The van der Waals surface area contributed by atoms with Gasteiger partial charge in [-0.05, 0) is 90.9 Å². The van der Waals surface area contributed by atoms with E-state index in [0.29, 0.717) is 11.6 Å². The first kappa shape index (κ1) is 34.4. The number of aromatic nitrogens is 4. The van der Waals surface area contributed by atoms with Gasteiger partial charge in [0.05, 0.1) is 11.7 Å². The van der Waals surface area contributed by atoms with Crippen LogP contribution in [0.25, 0.3) is 106 Å². The van der Waals surface area contributed by atoms with Crippen molar-refractivity contribution in [2.75, 3.05) is 0 Å². The van der Waals surface area contributed by atoms with Crippen molar-refractivity contribution in [2.45, 2.75) is 6.92 Å². The summed E-state index contributed by atoms with van der Waals surface area (Å²) in [6.45, 7) is 2.15. The third-order valence-electron chi connectivity index (χ3n) is 11.4. The second-order valence-electron chi connectivity index (χ2n) is 14.8. The Kier molecular flexibility index (Phi) is 8.30. The van der Waals surface area contributed by atoms with E-state index in [1.54, 1.807) is 6.20 Å². The normalized spacial score (nSPS) is 11.5. The Morgan fingerprint density at radius 1 is 0.390 bits per heavy atom. The molecule has 8 aromatic carbocycles. The molecule has 0 aliphatic rings. The van der Waals surface area contributed by atoms with E-state index in [-0.39, 0.29) is 0 Å². The Balaban J connectivity index is 1.26. The molecule has 11 rings (SSSR count). The van der Waals surface area contributed by atoms with E-state index in [4.69, 9.17) is 9.40 Å². The number of hydrogen-bond donors (Lipinski definition) is 0. The number of oxazole rings is 1. The van der Waals surface area contributed by atoms with Crippen LogP contribution in [0.15, 0.2) is 205 Å². The number of aryl methyl sites for hydroxylation is 1. The van der Waals surface area contributed by atoms with Crippen molar-refractivity contribution in [3.05, 3.63) is 206 Å². The van der Waals surface area contributed by atoms with Crippen molar-refractivity contribution < 1.29 is 4.42 Å². The van der Waals surface area contributed by atoms with Crippen LogP contribution in [-0.2, 0) is 0 Å². The fraction of sp³-hybridized carbons (Fsp3) is 0.0185. The van der Waals surface area contributed by atoms with E-state index >= 15 is 0 Å². The Morgan fingerprint density at radius 2 is 0.763 bits per heavy atom. The molecule has 0 saturated carbocycles. The summed E-state index contributed by atoms with van der Waals surface area (Å²) in [5, 5.41) is 0. The molecule has 11 aromatic rings. The summed E-state index contributed by atoms with van der Waals surface area (Å²) in [5.74, 6) is 0.499. The maximum Gasteiger partial charge on any atom is 0.309 e. The number of nitrogens with zero attached hydrogens (tertiary/aromatic N) is 4. The van der Waals surface area contributed by atoms with Crippen molar-refractivity contribution in [3.63, 3.8) is 0 Å². The van der Waals surface area contributed by atoms with E-state index in [9.17, 15) is 0 Å². The molecule has 0 atom stereocenters. The first-order valence-electron chi connectivity index (χ1n) is 19.8. The van der Waals surface area contributed by atoms with Crippen LogP contribution < -0.4 is 0 Å². The lowest BCUT2D eigenvalue weighted by Crippen LogP contribution is -2.02. The van der Waals surface area contributed by atoms with Crippen molar-refractivity contribution in [2.24, 2.45) is 0 Å². The molecule has 278 valence electrons. The standard InChI is InChI=1S/C54H36N4O/c1-35-27-32-43-52(57-54-58(43)44-33-55-34-56-53(44)59-54)45(35)41-28-30-42(31-29-41)51-49(39-23-13-5-14-24-39)47(37-19-9-3-10-20-37)46(36-17-7-2-8-18-36)48(38-21-11-4-12-22-38)50(51)40-25-15-6-16-26-40/h2-34H,1H3. The van der Waals surface area contributed by atoms with Crippen LogP contribution in [0, 0.1) is 6.92 Å². The molecule has 5 heteroatoms. The second kappa shape index (κ2) is 14.2. The van der Waals surface area contributed by atoms with Gasteiger partial charge in [-0.3, -0.25) is 4.40 Å². The first-order valence-corrected chi connectivity index (χ1v) is 19.8. The zero-order valence-corrected chi connectivity index (χ0v) is 32.2. The Hall–Kier alpha value is -7.89. The molecular weight excluding hydrogens is 721 g/mol. The minimum absolute atomic E-state index is 0.499. The predicted molar refractivity (Wildman–Crippen MR) is 241 cm³/mol. The van der Waals surface area contributed by atoms with E-state index in [1.807, 2.05) is 4.40 Å². The molecule has 3 aromatic heterocycles. The summed E-state index contributed by atoms with van der Waals surface area (Å²) in [6.07, 6.45) is 3.28. The van der Waals surface area contributed by atoms with E-state index in [0.717, 1.165) is 66.6 Å². The summed E-state index contributed by atoms with van der Waals surface area (Å²) < 4.78 is 8.10. The second-order valence-corrected chi connectivity index (χ2v) is 14.8. The van der Waals surface area contributed by atoms with Gasteiger partial charge < -0.3 is 4.42 Å². The predicted octanol–water partition coefficient (Wildman–Crippen LogP) is 14.0. The molecule has 0 aliphatic carbocycles. The molecule has 0 amide bonds. The summed E-state index contributed by atoms with van der Waals surface area (Å²) in [7, 11) is 0. The molecule has 0 fully saturated rings. The van der Waals surface area contributed by atoms with Crippen LogP contribution in [0.1, 0.15) is 5.56 Å². The van der Waals surface area contributed by atoms with Gasteiger partial charge in [0.2, 0.25) is 5.71 Å². The number of benzene rings is 8. The summed E-state index contributed by atoms with van der Waals surface area (Å²) in [5.41, 5.74) is 20.4. The molecule has 0 saturated heterocycles. The zero-order valence-electron chi connectivity index (χ0n) is 32.2. The minimum atomic E-state index is 0.499. The third kappa shape index (κ3) is 5.74. The molecule has 5 nitrogen and oxygen atoms in total. The van der Waals surface area contributed by atoms with Gasteiger partial charge in [0.1, 0.15) is 17.4 Å². The zero-order chi connectivity index (χ0) is 39.3. The van der Waals surface area contributed by atoms with E-state index in [2.05, 4.69) is 205 Å². The van der Waals surface area contributed by atoms with Gasteiger partial charge in [-0.1, -0.05) is 182 Å². The van der Waals surface area contributed by atoms with Gasteiger partial charge >= 0.3 is 5.84 Å². The molecule has 0 unspecified atom stereocenters. The Labute approximate surface area is 341 Å². The maximum absolute atomic E-state index is 6.09. The monoisotopic (exact) mass is 756 g/mol. The van der Waals surface area contributed by atoms with Crippen molar-refractivity contribution >= 4 is 28.1 Å². The van der Waals surface area contributed by atoms with Crippen LogP contribution in [0.3, 0.4) is 0 Å². The third-order valence-corrected chi connectivity index (χ3v) is 11.4. The Bertz CT molecular complexity index is 3180. The van der Waals surface area contributed by atoms with Gasteiger partial charge in [0.15, 0.2) is 0 Å². The highest BCUT2D eigenvalue weighted by molar-refractivity contribution is 6.15. The average molecular weight is 757 g/mol. The minimum Gasteiger partial charge on any atom is -0.404 e. The summed E-state index contributed by atoms with van der Waals surface area (Å²) in [6, 6.07) is 67.8. The van der Waals surface area contributed by atoms with Gasteiger partial charge in [-0.15, -0.1) is 0 Å². The summed E-state index contributed by atoms with van der Waals surface area (Å²) >= 11 is 0. The summed E-state index contributed by atoms with van der Waals surface area (Å²) in [4.78, 5) is 13.6. The maximum atomic E-state index is 6.09. The van der Waals surface area contributed by atoms with Gasteiger partial charge in [0.25, 0.3) is 0 Å². The fourth-order valence-electron chi connectivity index (χ4n) is 8.83. The number of fused-ring (bicyclic) bond motifs is 5. The highest BCUT2D eigenvalue weighted by Crippen LogP contribution is 2.56. The molecule has 0 N–H and O–H groups in total. The van der Waals surface area contributed by atoms with E-state index in [1.165, 1.54) is 39.7 Å². The molecule has 0 aliphatic heterocycles. The molecule has 0 radical (unpaired) electrons. The molecule has 59 heavy (non-hydrogen) atoms. The van der Waals surface area contributed by atoms with Crippen LogP contribution in [0.4, 0.5) is 0 Å². The average Bonchev–Trinajstić information content (AvgIpc) is 3.86. The number of rotatable bonds is 7. The fourth-order valence-corrected chi connectivity index (χ4v) is 8.83. The highest BCUT2D eigenvalue weighted by atomic mass is 16.4. The van der Waals surface area contributed by atoms with Gasteiger partial charge in [0, 0.05) is 5.56 Å². The number of imidazole rings is 1. The molecule has 0 spiro atoms. The van der Waals surface area contributed by atoms with Gasteiger partial charge in [-0.25, -0.2) is 4.98 Å². The van der Waals surface area contributed by atoms with Crippen molar-refractivity contribution in [3.8, 4) is 77.9 Å². The van der Waals surface area contributed by atoms with Crippen molar-refractivity contribution in [1.82, 2.24) is 19.4 Å². The Morgan fingerprint density at radius 3 is 1.17 bits per heavy atom. The lowest BCUT2D eigenvalue weighted by molar-refractivity contribution is 0.629. The first-order chi connectivity index (χ1) is 29.2. The lowest BCUT2D eigenvalue weighted by Gasteiger charge is -2.29. The van der Waals surface area contributed by atoms with Crippen molar-refractivity contribution in [1.29, 1.82) is 0 Å². The topological polar surface area (TPSA) is 56.2 Å².